The van der Waals surface area contributed by atoms with E-state index in [-0.39, 0.29) is 0 Å². The second-order valence-corrected chi connectivity index (χ2v) is 6.83. The molecular formula is C15H14Se. The fourth-order valence-corrected chi connectivity index (χ4v) is 4.90. The summed E-state index contributed by atoms with van der Waals surface area (Å²) in [5, 5.41) is 0. The van der Waals surface area contributed by atoms with Gasteiger partial charge in [0.25, 0.3) is 0 Å². The van der Waals surface area contributed by atoms with Crippen molar-refractivity contribution >= 4 is 19.4 Å². The molecule has 0 spiro atoms. The van der Waals surface area contributed by atoms with E-state index in [1.165, 1.54) is 17.3 Å². The molecule has 1 aliphatic rings. The monoisotopic (exact) mass is 274 g/mol. The summed E-state index contributed by atoms with van der Waals surface area (Å²) in [6, 6.07) is 19.9. The zero-order chi connectivity index (χ0) is 10.8. The topological polar surface area (TPSA) is 0 Å². The van der Waals surface area contributed by atoms with E-state index in [1.54, 1.807) is 11.1 Å². The second kappa shape index (κ2) is 4.45. The van der Waals surface area contributed by atoms with Crippen LogP contribution >= 0.6 is 0 Å². The first-order valence-corrected chi connectivity index (χ1v) is 7.57. The third-order valence-electron chi connectivity index (χ3n) is 3.10. The van der Waals surface area contributed by atoms with Crippen LogP contribution in [0, 0.1) is 0 Å². The molecule has 3 rings (SSSR count). The maximum absolute atomic E-state index is 2.32. The molecule has 0 aromatic heterocycles. The molecule has 0 amide bonds. The van der Waals surface area contributed by atoms with Crippen molar-refractivity contribution in [2.75, 3.05) is 0 Å². The normalized spacial score (nSPS) is 18.4. The van der Waals surface area contributed by atoms with Crippen molar-refractivity contribution in [2.24, 2.45) is 0 Å². The Labute approximate surface area is 103 Å². The van der Waals surface area contributed by atoms with E-state index in [4.69, 9.17) is 0 Å². The van der Waals surface area contributed by atoms with Gasteiger partial charge in [-0.3, -0.25) is 0 Å². The van der Waals surface area contributed by atoms with E-state index in [0.29, 0.717) is 15.0 Å². The summed E-state index contributed by atoms with van der Waals surface area (Å²) in [5.74, 6) is 0. The molecule has 0 aliphatic heterocycles. The summed E-state index contributed by atoms with van der Waals surface area (Å²) < 4.78 is 1.52. The summed E-state index contributed by atoms with van der Waals surface area (Å²) in [4.78, 5) is 0.797. The standard InChI is InChI=1S/C15H14Se/c1-2-7-13(8-3-1)16-15-11-10-12-6-4-5-9-14(12)15/h1-9,15H,10-11H2. The Kier molecular flexibility index (Phi) is 2.82. The average molecular weight is 273 g/mol. The van der Waals surface area contributed by atoms with Gasteiger partial charge < -0.3 is 0 Å². The predicted octanol–water partition coefficient (Wildman–Crippen LogP) is 2.70. The van der Waals surface area contributed by atoms with E-state index >= 15 is 0 Å². The molecule has 0 fully saturated rings. The molecule has 16 heavy (non-hydrogen) atoms. The number of aryl methyl sites for hydroxylation is 1. The van der Waals surface area contributed by atoms with Gasteiger partial charge in [-0.15, -0.1) is 0 Å². The van der Waals surface area contributed by atoms with Crippen LogP contribution in [0.25, 0.3) is 0 Å². The van der Waals surface area contributed by atoms with Crippen LogP contribution in [-0.2, 0) is 6.42 Å². The van der Waals surface area contributed by atoms with Crippen LogP contribution < -0.4 is 4.46 Å². The molecular weight excluding hydrogens is 259 g/mol. The maximum atomic E-state index is 2.32. The molecule has 1 aliphatic carbocycles. The molecule has 0 N–H and O–H groups in total. The van der Waals surface area contributed by atoms with Crippen LogP contribution in [0.5, 0.6) is 0 Å². The van der Waals surface area contributed by atoms with Crippen molar-refractivity contribution < 1.29 is 0 Å². The van der Waals surface area contributed by atoms with Crippen LogP contribution in [0.4, 0.5) is 0 Å². The number of fused-ring (bicyclic) bond motifs is 1. The van der Waals surface area contributed by atoms with Crippen molar-refractivity contribution in [3.8, 4) is 0 Å². The Morgan fingerprint density at radius 1 is 0.875 bits per heavy atom. The zero-order valence-corrected chi connectivity index (χ0v) is 10.8. The van der Waals surface area contributed by atoms with E-state index in [0.717, 1.165) is 4.82 Å². The van der Waals surface area contributed by atoms with E-state index in [2.05, 4.69) is 54.6 Å². The van der Waals surface area contributed by atoms with Gasteiger partial charge in [0.2, 0.25) is 0 Å². The minimum atomic E-state index is 0.591. The van der Waals surface area contributed by atoms with Gasteiger partial charge in [-0.05, 0) is 0 Å². The molecule has 0 nitrogen and oxygen atoms in total. The molecule has 1 atom stereocenters. The Balaban J connectivity index is 1.84. The average Bonchev–Trinajstić information content (AvgIpc) is 2.74. The predicted molar refractivity (Wildman–Crippen MR) is 69.3 cm³/mol. The van der Waals surface area contributed by atoms with Gasteiger partial charge in [0.05, 0.1) is 0 Å². The van der Waals surface area contributed by atoms with E-state index < -0.39 is 0 Å². The quantitative estimate of drug-likeness (QED) is 0.738. The van der Waals surface area contributed by atoms with Gasteiger partial charge in [0.15, 0.2) is 0 Å². The number of hydrogen-bond acceptors (Lipinski definition) is 0. The van der Waals surface area contributed by atoms with Crippen LogP contribution in [0.15, 0.2) is 54.6 Å². The summed E-state index contributed by atoms with van der Waals surface area (Å²) in [5.41, 5.74) is 3.18. The summed E-state index contributed by atoms with van der Waals surface area (Å²) in [6.45, 7) is 0. The molecule has 1 heteroatoms. The Morgan fingerprint density at radius 3 is 2.50 bits per heavy atom. The first kappa shape index (κ1) is 10.1. The summed E-state index contributed by atoms with van der Waals surface area (Å²) >= 11 is 0.591. The van der Waals surface area contributed by atoms with E-state index in [9.17, 15) is 0 Å². The number of rotatable bonds is 2. The first-order chi connectivity index (χ1) is 7.93. The molecule has 0 saturated heterocycles. The molecule has 0 heterocycles. The van der Waals surface area contributed by atoms with Gasteiger partial charge in [-0.25, -0.2) is 0 Å². The van der Waals surface area contributed by atoms with Crippen LogP contribution in [0.2, 0.25) is 0 Å². The zero-order valence-electron chi connectivity index (χ0n) is 9.10. The summed E-state index contributed by atoms with van der Waals surface area (Å²) in [6.07, 6.45) is 2.61. The Morgan fingerprint density at radius 2 is 1.62 bits per heavy atom. The van der Waals surface area contributed by atoms with Gasteiger partial charge in [-0.1, -0.05) is 0 Å². The molecule has 0 radical (unpaired) electrons. The third-order valence-corrected chi connectivity index (χ3v) is 5.87. The molecule has 0 bridgehead atoms. The Hall–Kier alpha value is -1.04. The SMILES string of the molecule is c1ccc([Se]C2CCc3ccccc32)cc1. The van der Waals surface area contributed by atoms with E-state index in [1.807, 2.05) is 0 Å². The van der Waals surface area contributed by atoms with Gasteiger partial charge in [0, 0.05) is 0 Å². The van der Waals surface area contributed by atoms with Gasteiger partial charge in [-0.2, -0.15) is 0 Å². The van der Waals surface area contributed by atoms with Gasteiger partial charge in [0.1, 0.15) is 0 Å². The van der Waals surface area contributed by atoms with Crippen molar-refractivity contribution in [1.82, 2.24) is 0 Å². The van der Waals surface area contributed by atoms with Gasteiger partial charge >= 0.3 is 103 Å². The van der Waals surface area contributed by atoms with Crippen molar-refractivity contribution in [1.29, 1.82) is 0 Å². The van der Waals surface area contributed by atoms with Crippen molar-refractivity contribution in [3.05, 3.63) is 65.7 Å². The van der Waals surface area contributed by atoms with Crippen LogP contribution in [0.3, 0.4) is 0 Å². The fraction of sp³-hybridized carbons (Fsp3) is 0.200. The molecule has 2 aromatic rings. The number of hydrogen-bond donors (Lipinski definition) is 0. The molecule has 0 saturated carbocycles. The molecule has 2 aromatic carbocycles. The minimum absolute atomic E-state index is 0.591. The Bertz CT molecular complexity index is 476. The number of benzene rings is 2. The van der Waals surface area contributed by atoms with Crippen molar-refractivity contribution in [3.63, 3.8) is 0 Å². The second-order valence-electron chi connectivity index (χ2n) is 4.16. The van der Waals surface area contributed by atoms with Crippen LogP contribution in [0.1, 0.15) is 22.4 Å². The summed E-state index contributed by atoms with van der Waals surface area (Å²) in [7, 11) is 0. The van der Waals surface area contributed by atoms with Crippen molar-refractivity contribution in [2.45, 2.75) is 17.7 Å². The van der Waals surface area contributed by atoms with Crippen LogP contribution in [-0.4, -0.2) is 15.0 Å². The first-order valence-electron chi connectivity index (χ1n) is 5.73. The fourth-order valence-electron chi connectivity index (χ4n) is 2.30. The molecule has 80 valence electrons. The molecule has 1 unspecified atom stereocenters. The third kappa shape index (κ3) is 1.93.